The first kappa shape index (κ1) is 14.7. The molecule has 1 atom stereocenters. The van der Waals surface area contributed by atoms with Crippen molar-refractivity contribution < 1.29 is 9.59 Å². The van der Waals surface area contributed by atoms with Gasteiger partial charge in [-0.3, -0.25) is 9.59 Å². The van der Waals surface area contributed by atoms with Crippen molar-refractivity contribution in [1.82, 2.24) is 4.90 Å². The summed E-state index contributed by atoms with van der Waals surface area (Å²) in [6, 6.07) is 4.92. The van der Waals surface area contributed by atoms with Crippen LogP contribution in [0, 0.1) is 5.92 Å². The molecule has 1 aliphatic rings. The molecule has 1 heterocycles. The Hall–Kier alpha value is -1.75. The van der Waals surface area contributed by atoms with E-state index in [-0.39, 0.29) is 18.2 Å². The van der Waals surface area contributed by atoms with Crippen molar-refractivity contribution >= 4 is 34.8 Å². The fourth-order valence-electron chi connectivity index (χ4n) is 2.27. The van der Waals surface area contributed by atoms with E-state index in [0.717, 1.165) is 6.54 Å². The number of benzene rings is 1. The van der Waals surface area contributed by atoms with Crippen molar-refractivity contribution in [1.29, 1.82) is 0 Å². The van der Waals surface area contributed by atoms with Crippen LogP contribution in [-0.2, 0) is 9.59 Å². The quantitative estimate of drug-likeness (QED) is 0.836. The highest BCUT2D eigenvalue weighted by molar-refractivity contribution is 6.31. The largest absolute Gasteiger partial charge is 0.397 e. The summed E-state index contributed by atoms with van der Waals surface area (Å²) in [7, 11) is 0. The van der Waals surface area contributed by atoms with Crippen LogP contribution in [0.3, 0.4) is 0 Å². The van der Waals surface area contributed by atoms with E-state index in [9.17, 15) is 9.59 Å². The van der Waals surface area contributed by atoms with Crippen LogP contribution in [0.1, 0.15) is 19.8 Å². The maximum atomic E-state index is 11.9. The van der Waals surface area contributed by atoms with Crippen LogP contribution < -0.4 is 11.1 Å². The van der Waals surface area contributed by atoms with Crippen LogP contribution >= 0.6 is 11.6 Å². The minimum Gasteiger partial charge on any atom is -0.397 e. The number of nitrogens with one attached hydrogen (secondary N) is 1. The zero-order valence-corrected chi connectivity index (χ0v) is 12.1. The van der Waals surface area contributed by atoms with Gasteiger partial charge in [-0.05, 0) is 24.1 Å². The second-order valence-electron chi connectivity index (χ2n) is 5.18. The van der Waals surface area contributed by atoms with Crippen LogP contribution in [-0.4, -0.2) is 29.8 Å². The molecule has 0 spiro atoms. The number of nitrogens with zero attached hydrogens (tertiary/aromatic N) is 1. The van der Waals surface area contributed by atoms with Crippen LogP contribution in [0.4, 0.5) is 11.4 Å². The fourth-order valence-corrected chi connectivity index (χ4v) is 2.44. The molecule has 1 saturated heterocycles. The molecule has 20 heavy (non-hydrogen) atoms. The van der Waals surface area contributed by atoms with E-state index >= 15 is 0 Å². The van der Waals surface area contributed by atoms with Gasteiger partial charge in [-0.15, -0.1) is 0 Å². The minimum atomic E-state index is -0.175. The Labute approximate surface area is 123 Å². The van der Waals surface area contributed by atoms with Crippen LogP contribution in [0.5, 0.6) is 0 Å². The van der Waals surface area contributed by atoms with Gasteiger partial charge in [0.25, 0.3) is 0 Å². The summed E-state index contributed by atoms with van der Waals surface area (Å²) in [5, 5.41) is 3.23. The zero-order chi connectivity index (χ0) is 14.7. The number of anilines is 2. The summed E-state index contributed by atoms with van der Waals surface area (Å²) < 4.78 is 0. The Kier molecular flexibility index (Phi) is 4.49. The van der Waals surface area contributed by atoms with Crippen molar-refractivity contribution in [2.75, 3.05) is 24.1 Å². The molecule has 5 nitrogen and oxygen atoms in total. The second-order valence-corrected chi connectivity index (χ2v) is 5.62. The van der Waals surface area contributed by atoms with E-state index in [2.05, 4.69) is 5.32 Å². The van der Waals surface area contributed by atoms with Gasteiger partial charge in [0.05, 0.1) is 11.4 Å². The van der Waals surface area contributed by atoms with Gasteiger partial charge in [-0.2, -0.15) is 0 Å². The maximum Gasteiger partial charge on any atom is 0.226 e. The molecular formula is C14H18ClN3O2. The number of likely N-dealkylation sites (tertiary alicyclic amines) is 1. The first-order valence-corrected chi connectivity index (χ1v) is 6.96. The van der Waals surface area contributed by atoms with Gasteiger partial charge in [-0.1, -0.05) is 18.5 Å². The number of halogens is 1. The lowest BCUT2D eigenvalue weighted by Crippen LogP contribution is -2.29. The van der Waals surface area contributed by atoms with E-state index in [1.165, 1.54) is 0 Å². The highest BCUT2D eigenvalue weighted by atomic mass is 35.5. The normalized spacial score (nSPS) is 18.4. The fraction of sp³-hybridized carbons (Fsp3) is 0.429. The molecule has 0 radical (unpaired) electrons. The third-order valence-electron chi connectivity index (χ3n) is 3.31. The maximum absolute atomic E-state index is 11.9. The van der Waals surface area contributed by atoms with Crippen molar-refractivity contribution in [3.05, 3.63) is 23.2 Å². The third-order valence-corrected chi connectivity index (χ3v) is 3.54. The number of carbonyl (C=O) groups excluding carboxylic acids is 2. The van der Waals surface area contributed by atoms with Gasteiger partial charge in [0.2, 0.25) is 11.8 Å². The molecule has 3 N–H and O–H groups in total. The molecule has 6 heteroatoms. The molecule has 1 aromatic carbocycles. The summed E-state index contributed by atoms with van der Waals surface area (Å²) in [4.78, 5) is 25.2. The van der Waals surface area contributed by atoms with Gasteiger partial charge >= 0.3 is 0 Å². The molecule has 0 aliphatic carbocycles. The van der Waals surface area contributed by atoms with Crippen LogP contribution in [0.2, 0.25) is 5.02 Å². The molecule has 0 saturated carbocycles. The van der Waals surface area contributed by atoms with Crippen molar-refractivity contribution in [3.63, 3.8) is 0 Å². The molecule has 1 unspecified atom stereocenters. The molecular weight excluding hydrogens is 278 g/mol. The SMILES string of the molecule is CC1CC(=O)N(CCC(=O)Nc2cc(Cl)ccc2N)C1. The third kappa shape index (κ3) is 3.63. The number of hydrogen-bond donors (Lipinski definition) is 2. The minimum absolute atomic E-state index is 0.118. The van der Waals surface area contributed by atoms with Gasteiger partial charge < -0.3 is 16.0 Å². The number of rotatable bonds is 4. The Morgan fingerprint density at radius 3 is 2.95 bits per heavy atom. The van der Waals surface area contributed by atoms with Gasteiger partial charge in [0.1, 0.15) is 0 Å². The van der Waals surface area contributed by atoms with Crippen LogP contribution in [0.15, 0.2) is 18.2 Å². The lowest BCUT2D eigenvalue weighted by molar-refractivity contribution is -0.128. The number of amides is 2. The average molecular weight is 296 g/mol. The Bertz CT molecular complexity index is 533. The van der Waals surface area contributed by atoms with Crippen LogP contribution in [0.25, 0.3) is 0 Å². The smallest absolute Gasteiger partial charge is 0.226 e. The summed E-state index contributed by atoms with van der Waals surface area (Å²) >= 11 is 5.86. The molecule has 2 rings (SSSR count). The topological polar surface area (TPSA) is 75.4 Å². The Morgan fingerprint density at radius 2 is 2.30 bits per heavy atom. The van der Waals surface area contributed by atoms with E-state index in [4.69, 9.17) is 17.3 Å². The number of nitrogen functional groups attached to an aromatic ring is 1. The Morgan fingerprint density at radius 1 is 1.55 bits per heavy atom. The van der Waals surface area contributed by atoms with E-state index < -0.39 is 0 Å². The molecule has 2 amide bonds. The second kappa shape index (κ2) is 6.13. The van der Waals surface area contributed by atoms with E-state index in [0.29, 0.717) is 35.3 Å². The van der Waals surface area contributed by atoms with Crippen molar-refractivity contribution in [2.45, 2.75) is 19.8 Å². The first-order chi connectivity index (χ1) is 9.45. The summed E-state index contributed by atoms with van der Waals surface area (Å²) in [6.07, 6.45) is 0.827. The highest BCUT2D eigenvalue weighted by Gasteiger charge is 2.26. The van der Waals surface area contributed by atoms with Gasteiger partial charge in [-0.25, -0.2) is 0 Å². The van der Waals surface area contributed by atoms with Crippen molar-refractivity contribution in [3.8, 4) is 0 Å². The predicted molar refractivity (Wildman–Crippen MR) is 79.5 cm³/mol. The lowest BCUT2D eigenvalue weighted by atomic mass is 10.2. The van der Waals surface area contributed by atoms with E-state index in [1.807, 2.05) is 6.92 Å². The predicted octanol–water partition coefficient (Wildman–Crippen LogP) is 2.12. The summed E-state index contributed by atoms with van der Waals surface area (Å²) in [6.45, 7) is 3.20. The van der Waals surface area contributed by atoms with Crippen molar-refractivity contribution in [2.24, 2.45) is 5.92 Å². The first-order valence-electron chi connectivity index (χ1n) is 6.58. The summed E-state index contributed by atoms with van der Waals surface area (Å²) in [5.41, 5.74) is 6.73. The number of hydrogen-bond acceptors (Lipinski definition) is 3. The van der Waals surface area contributed by atoms with Gasteiger partial charge in [0.15, 0.2) is 0 Å². The molecule has 1 fully saturated rings. The average Bonchev–Trinajstić information content (AvgIpc) is 2.70. The molecule has 0 aromatic heterocycles. The highest BCUT2D eigenvalue weighted by Crippen LogP contribution is 2.23. The summed E-state index contributed by atoms with van der Waals surface area (Å²) in [5.74, 6) is 0.313. The number of nitrogens with two attached hydrogens (primary N) is 1. The standard InChI is InChI=1S/C14H18ClN3O2/c1-9-6-14(20)18(8-9)5-4-13(19)17-12-7-10(15)2-3-11(12)16/h2-3,7,9H,4-6,8,16H2,1H3,(H,17,19). The monoisotopic (exact) mass is 295 g/mol. The molecule has 0 bridgehead atoms. The zero-order valence-electron chi connectivity index (χ0n) is 11.4. The number of carbonyl (C=O) groups is 2. The molecule has 1 aromatic rings. The molecule has 1 aliphatic heterocycles. The van der Waals surface area contributed by atoms with Gasteiger partial charge in [0, 0.05) is 31.0 Å². The Balaban J connectivity index is 1.87. The lowest BCUT2D eigenvalue weighted by Gasteiger charge is -2.16. The van der Waals surface area contributed by atoms with E-state index in [1.54, 1.807) is 23.1 Å². The molecule has 108 valence electrons.